The first-order chi connectivity index (χ1) is 9.10. The number of nitrogens with zero attached hydrogens (tertiary/aromatic N) is 3. The number of nitro benzene ring substituents is 1. The van der Waals surface area contributed by atoms with Crippen LogP contribution >= 0.6 is 0 Å². The van der Waals surface area contributed by atoms with Crippen LogP contribution in [0.2, 0.25) is 0 Å². The fourth-order valence-corrected chi connectivity index (χ4v) is 1.64. The molecule has 1 heterocycles. The molecule has 0 unspecified atom stereocenters. The molecule has 0 bridgehead atoms. The Morgan fingerprint density at radius 3 is 2.84 bits per heavy atom. The third-order valence-corrected chi connectivity index (χ3v) is 2.60. The molecule has 2 rings (SSSR count). The summed E-state index contributed by atoms with van der Waals surface area (Å²) in [6, 6.07) is 6.39. The van der Waals surface area contributed by atoms with Gasteiger partial charge in [-0.1, -0.05) is 6.07 Å². The number of nitrogens with two attached hydrogens (primary N) is 1. The molecule has 2 N–H and O–H groups in total. The van der Waals surface area contributed by atoms with E-state index < -0.39 is 4.92 Å². The number of nitro groups is 1. The van der Waals surface area contributed by atoms with E-state index in [9.17, 15) is 10.1 Å². The van der Waals surface area contributed by atoms with Crippen molar-refractivity contribution in [2.24, 2.45) is 12.8 Å². The largest absolute Gasteiger partial charge is 0.480 e. The number of benzene rings is 1. The predicted octanol–water partition coefficient (Wildman–Crippen LogP) is 1.37. The lowest BCUT2D eigenvalue weighted by molar-refractivity contribution is -0.386. The third-order valence-electron chi connectivity index (χ3n) is 2.60. The summed E-state index contributed by atoms with van der Waals surface area (Å²) in [4.78, 5) is 10.4. The first-order valence-corrected chi connectivity index (χ1v) is 5.69. The van der Waals surface area contributed by atoms with Crippen molar-refractivity contribution in [3.05, 3.63) is 51.8 Å². The number of ether oxygens (including phenoxy) is 1. The van der Waals surface area contributed by atoms with E-state index in [4.69, 9.17) is 10.5 Å². The molecular weight excluding hydrogens is 248 g/mol. The van der Waals surface area contributed by atoms with Gasteiger partial charge in [0.2, 0.25) is 0 Å². The summed E-state index contributed by atoms with van der Waals surface area (Å²) in [5, 5.41) is 15.1. The molecule has 0 atom stereocenters. The molecule has 100 valence electrons. The zero-order chi connectivity index (χ0) is 13.8. The lowest BCUT2D eigenvalue weighted by Gasteiger charge is -2.06. The molecule has 1 aromatic heterocycles. The van der Waals surface area contributed by atoms with Crippen molar-refractivity contribution in [1.82, 2.24) is 9.78 Å². The summed E-state index contributed by atoms with van der Waals surface area (Å²) < 4.78 is 7.11. The van der Waals surface area contributed by atoms with Crippen LogP contribution < -0.4 is 10.5 Å². The van der Waals surface area contributed by atoms with Gasteiger partial charge in [0.05, 0.1) is 10.6 Å². The predicted molar refractivity (Wildman–Crippen MR) is 68.5 cm³/mol. The fraction of sp³-hybridized carbons (Fsp3) is 0.250. The second-order valence-electron chi connectivity index (χ2n) is 4.03. The zero-order valence-electron chi connectivity index (χ0n) is 10.4. The van der Waals surface area contributed by atoms with Gasteiger partial charge in [-0.15, -0.1) is 0 Å². The molecule has 0 aliphatic rings. The van der Waals surface area contributed by atoms with Gasteiger partial charge >= 0.3 is 5.69 Å². The Labute approximate surface area is 109 Å². The Bertz CT molecular complexity index is 594. The maximum Gasteiger partial charge on any atom is 0.310 e. The van der Waals surface area contributed by atoms with Gasteiger partial charge in [-0.05, 0) is 17.7 Å². The van der Waals surface area contributed by atoms with E-state index in [1.54, 1.807) is 36.1 Å². The van der Waals surface area contributed by atoms with E-state index in [0.717, 1.165) is 5.56 Å². The topological polar surface area (TPSA) is 96.2 Å². The first-order valence-electron chi connectivity index (χ1n) is 5.69. The van der Waals surface area contributed by atoms with Gasteiger partial charge in [-0.3, -0.25) is 14.8 Å². The number of aryl methyl sites for hydroxylation is 1. The maximum atomic E-state index is 10.9. The summed E-state index contributed by atoms with van der Waals surface area (Å²) in [5.74, 6) is 0.207. The van der Waals surface area contributed by atoms with Crippen LogP contribution in [0.5, 0.6) is 5.75 Å². The molecule has 7 nitrogen and oxygen atoms in total. The van der Waals surface area contributed by atoms with E-state index in [-0.39, 0.29) is 18.0 Å². The molecular formula is C12H14N4O3. The van der Waals surface area contributed by atoms with Crippen LogP contribution in [0.4, 0.5) is 5.69 Å². The number of rotatable bonds is 5. The molecule has 0 spiro atoms. The van der Waals surface area contributed by atoms with Crippen LogP contribution in [-0.2, 0) is 20.2 Å². The summed E-state index contributed by atoms with van der Waals surface area (Å²) in [7, 11) is 1.79. The molecule has 0 fully saturated rings. The quantitative estimate of drug-likeness (QED) is 0.648. The van der Waals surface area contributed by atoms with Gasteiger partial charge in [0.25, 0.3) is 0 Å². The second-order valence-corrected chi connectivity index (χ2v) is 4.03. The van der Waals surface area contributed by atoms with E-state index in [0.29, 0.717) is 12.2 Å². The van der Waals surface area contributed by atoms with E-state index in [1.165, 1.54) is 6.07 Å². The highest BCUT2D eigenvalue weighted by atomic mass is 16.6. The van der Waals surface area contributed by atoms with Crippen molar-refractivity contribution in [2.75, 3.05) is 0 Å². The maximum absolute atomic E-state index is 10.9. The highest BCUT2D eigenvalue weighted by Gasteiger charge is 2.15. The standard InChI is InChI=1S/C12H14N4O3/c1-15-5-4-10(14-15)8-19-12-6-9(7-13)2-3-11(12)16(17)18/h2-6H,7-8,13H2,1H3. The Hall–Kier alpha value is -2.41. The minimum Gasteiger partial charge on any atom is -0.480 e. The van der Waals surface area contributed by atoms with Crippen LogP contribution in [0, 0.1) is 10.1 Å². The normalized spacial score (nSPS) is 10.4. The van der Waals surface area contributed by atoms with Gasteiger partial charge in [-0.2, -0.15) is 5.10 Å². The van der Waals surface area contributed by atoms with Gasteiger partial charge < -0.3 is 10.5 Å². The monoisotopic (exact) mass is 262 g/mol. The van der Waals surface area contributed by atoms with Crippen LogP contribution in [0.25, 0.3) is 0 Å². The van der Waals surface area contributed by atoms with Gasteiger partial charge in [0, 0.05) is 25.9 Å². The smallest absolute Gasteiger partial charge is 0.310 e. The van der Waals surface area contributed by atoms with Gasteiger partial charge in [0.15, 0.2) is 5.75 Å². The Kier molecular flexibility index (Phi) is 3.76. The van der Waals surface area contributed by atoms with Crippen molar-refractivity contribution in [3.63, 3.8) is 0 Å². The molecule has 0 aliphatic heterocycles. The minimum absolute atomic E-state index is 0.0758. The fourth-order valence-electron chi connectivity index (χ4n) is 1.64. The number of hydrogen-bond acceptors (Lipinski definition) is 5. The first kappa shape index (κ1) is 13.0. The molecule has 0 aliphatic carbocycles. The molecule has 7 heteroatoms. The second kappa shape index (κ2) is 5.49. The molecule has 0 saturated carbocycles. The summed E-state index contributed by atoms with van der Waals surface area (Å²) in [6.07, 6.45) is 1.78. The Morgan fingerprint density at radius 1 is 1.47 bits per heavy atom. The van der Waals surface area contributed by atoms with Crippen LogP contribution in [0.3, 0.4) is 0 Å². The molecule has 2 aromatic rings. The van der Waals surface area contributed by atoms with Crippen LogP contribution in [0.1, 0.15) is 11.3 Å². The van der Waals surface area contributed by atoms with Gasteiger partial charge in [-0.25, -0.2) is 0 Å². The number of aromatic nitrogens is 2. The molecule has 19 heavy (non-hydrogen) atoms. The van der Waals surface area contributed by atoms with Crippen LogP contribution in [-0.4, -0.2) is 14.7 Å². The van der Waals surface area contributed by atoms with Crippen molar-refractivity contribution >= 4 is 5.69 Å². The highest BCUT2D eigenvalue weighted by Crippen LogP contribution is 2.28. The summed E-state index contributed by atoms with van der Waals surface area (Å²) in [5.41, 5.74) is 6.92. The molecule has 0 radical (unpaired) electrons. The summed E-state index contributed by atoms with van der Waals surface area (Å²) in [6.45, 7) is 0.480. The zero-order valence-corrected chi connectivity index (χ0v) is 10.4. The summed E-state index contributed by atoms with van der Waals surface area (Å²) >= 11 is 0. The SMILES string of the molecule is Cn1ccc(COc2cc(CN)ccc2[N+](=O)[O-])n1. The van der Waals surface area contributed by atoms with E-state index in [2.05, 4.69) is 5.10 Å². The van der Waals surface area contributed by atoms with Crippen molar-refractivity contribution in [3.8, 4) is 5.75 Å². The van der Waals surface area contributed by atoms with E-state index in [1.807, 2.05) is 0 Å². The van der Waals surface area contributed by atoms with Crippen LogP contribution in [0.15, 0.2) is 30.5 Å². The van der Waals surface area contributed by atoms with E-state index >= 15 is 0 Å². The molecule has 1 aromatic carbocycles. The third kappa shape index (κ3) is 3.08. The van der Waals surface area contributed by atoms with Crippen molar-refractivity contribution in [2.45, 2.75) is 13.2 Å². The van der Waals surface area contributed by atoms with Gasteiger partial charge in [0.1, 0.15) is 6.61 Å². The molecule has 0 saturated heterocycles. The Balaban J connectivity index is 2.19. The van der Waals surface area contributed by atoms with Crippen molar-refractivity contribution in [1.29, 1.82) is 0 Å². The number of hydrogen-bond donors (Lipinski definition) is 1. The lowest BCUT2D eigenvalue weighted by Crippen LogP contribution is -2.03. The molecule has 0 amide bonds. The highest BCUT2D eigenvalue weighted by molar-refractivity contribution is 5.48. The lowest BCUT2D eigenvalue weighted by atomic mass is 10.2. The minimum atomic E-state index is -0.478. The average Bonchev–Trinajstić information content (AvgIpc) is 2.81. The average molecular weight is 262 g/mol. The van der Waals surface area contributed by atoms with Crippen molar-refractivity contribution < 1.29 is 9.66 Å². The Morgan fingerprint density at radius 2 is 2.26 bits per heavy atom.